The van der Waals surface area contributed by atoms with Crippen LogP contribution in [0.15, 0.2) is 6.20 Å². The van der Waals surface area contributed by atoms with E-state index in [0.29, 0.717) is 5.02 Å². The predicted molar refractivity (Wildman–Crippen MR) is 75.9 cm³/mol. The van der Waals surface area contributed by atoms with E-state index in [2.05, 4.69) is 18.9 Å². The summed E-state index contributed by atoms with van der Waals surface area (Å²) in [6.45, 7) is 8.39. The van der Waals surface area contributed by atoms with Crippen molar-refractivity contribution in [3.05, 3.63) is 16.9 Å². The number of nitrogens with zero attached hydrogens (tertiary/aromatic N) is 2. The molecule has 0 aliphatic heterocycles. The molecule has 1 heterocycles. The Morgan fingerprint density at radius 3 is 2.56 bits per heavy atom. The quantitative estimate of drug-likeness (QED) is 0.800. The average Bonchev–Trinajstić information content (AvgIpc) is 2.72. The second-order valence-electron chi connectivity index (χ2n) is 5.17. The molecule has 18 heavy (non-hydrogen) atoms. The predicted octanol–water partition coefficient (Wildman–Crippen LogP) is 4.37. The number of unbranched alkanes of at least 4 members (excludes halogenated alkanes) is 1. The number of aliphatic hydroxyl groups is 1. The Bertz CT molecular complexity index is 363. The molecule has 1 aromatic rings. The summed E-state index contributed by atoms with van der Waals surface area (Å²) in [6.07, 6.45) is 5.41. The Hall–Kier alpha value is -0.540. The van der Waals surface area contributed by atoms with Crippen LogP contribution in [0.1, 0.15) is 71.2 Å². The fourth-order valence-corrected chi connectivity index (χ4v) is 2.56. The van der Waals surface area contributed by atoms with Gasteiger partial charge in [0.1, 0.15) is 0 Å². The zero-order valence-electron chi connectivity index (χ0n) is 11.9. The molecule has 104 valence electrons. The highest BCUT2D eigenvalue weighted by molar-refractivity contribution is 6.31. The minimum absolute atomic E-state index is 0.214. The van der Waals surface area contributed by atoms with Crippen molar-refractivity contribution in [3.63, 3.8) is 0 Å². The maximum Gasteiger partial charge on any atom is 0.0999 e. The lowest BCUT2D eigenvalue weighted by molar-refractivity contribution is 0.0889. The molecule has 2 atom stereocenters. The summed E-state index contributed by atoms with van der Waals surface area (Å²) in [6, 6.07) is 0.214. The Morgan fingerprint density at radius 2 is 2.06 bits per heavy atom. The van der Waals surface area contributed by atoms with Gasteiger partial charge in [-0.2, -0.15) is 5.10 Å². The van der Waals surface area contributed by atoms with Crippen molar-refractivity contribution in [2.45, 2.75) is 65.5 Å². The minimum atomic E-state index is -0.515. The maximum atomic E-state index is 10.6. The summed E-state index contributed by atoms with van der Waals surface area (Å²) in [7, 11) is 0. The second-order valence-corrected chi connectivity index (χ2v) is 5.58. The number of hydrogen-bond acceptors (Lipinski definition) is 2. The van der Waals surface area contributed by atoms with E-state index in [9.17, 15) is 5.11 Å². The van der Waals surface area contributed by atoms with Crippen molar-refractivity contribution in [1.82, 2.24) is 9.78 Å². The van der Waals surface area contributed by atoms with Crippen molar-refractivity contribution in [3.8, 4) is 0 Å². The Labute approximate surface area is 115 Å². The van der Waals surface area contributed by atoms with Gasteiger partial charge in [-0.25, -0.2) is 0 Å². The number of aromatic nitrogens is 2. The largest absolute Gasteiger partial charge is 0.386 e. The van der Waals surface area contributed by atoms with E-state index in [-0.39, 0.29) is 12.0 Å². The zero-order chi connectivity index (χ0) is 13.7. The Kier molecular flexibility index (Phi) is 6.16. The minimum Gasteiger partial charge on any atom is -0.386 e. The molecule has 1 rings (SSSR count). The topological polar surface area (TPSA) is 38.1 Å². The van der Waals surface area contributed by atoms with E-state index in [1.807, 2.05) is 18.5 Å². The molecular weight excluding hydrogens is 248 g/mol. The maximum absolute atomic E-state index is 10.6. The molecule has 0 radical (unpaired) electrons. The monoisotopic (exact) mass is 272 g/mol. The molecule has 0 saturated carbocycles. The van der Waals surface area contributed by atoms with Crippen molar-refractivity contribution in [1.29, 1.82) is 0 Å². The normalized spacial score (nSPS) is 15.1. The summed E-state index contributed by atoms with van der Waals surface area (Å²) < 4.78 is 1.83. The first-order chi connectivity index (χ1) is 8.52. The van der Waals surface area contributed by atoms with Gasteiger partial charge in [0.25, 0.3) is 0 Å². The molecule has 0 saturated heterocycles. The molecule has 0 spiro atoms. The first kappa shape index (κ1) is 15.5. The molecule has 0 aromatic carbocycles. The van der Waals surface area contributed by atoms with Crippen LogP contribution >= 0.6 is 11.6 Å². The van der Waals surface area contributed by atoms with E-state index >= 15 is 0 Å². The standard InChI is InChI=1S/C14H25ClN2O/c1-5-7-8-11(6-2)14(18)13-12(15)9-16-17(13)10(3)4/h9-11,14,18H,5-8H2,1-4H3. The molecule has 2 unspecified atom stereocenters. The fraction of sp³-hybridized carbons (Fsp3) is 0.786. The van der Waals surface area contributed by atoms with Gasteiger partial charge in [-0.3, -0.25) is 4.68 Å². The summed E-state index contributed by atoms with van der Waals surface area (Å²) >= 11 is 6.18. The molecular formula is C14H25ClN2O. The summed E-state index contributed by atoms with van der Waals surface area (Å²) in [5.41, 5.74) is 0.773. The first-order valence-electron chi connectivity index (χ1n) is 6.93. The smallest absolute Gasteiger partial charge is 0.0999 e. The average molecular weight is 273 g/mol. The van der Waals surface area contributed by atoms with E-state index < -0.39 is 6.10 Å². The van der Waals surface area contributed by atoms with Crippen molar-refractivity contribution in [2.75, 3.05) is 0 Å². The summed E-state index contributed by atoms with van der Waals surface area (Å²) in [5.74, 6) is 0.261. The molecule has 0 aliphatic carbocycles. The van der Waals surface area contributed by atoms with E-state index in [0.717, 1.165) is 31.4 Å². The van der Waals surface area contributed by atoms with Gasteiger partial charge in [0.2, 0.25) is 0 Å². The van der Waals surface area contributed by atoms with Crippen LogP contribution in [-0.2, 0) is 0 Å². The lowest BCUT2D eigenvalue weighted by atomic mass is 9.91. The molecule has 1 aromatic heterocycles. The number of rotatable bonds is 7. The Balaban J connectivity index is 2.93. The van der Waals surface area contributed by atoms with Gasteiger partial charge < -0.3 is 5.11 Å². The van der Waals surface area contributed by atoms with Crippen LogP contribution in [0.4, 0.5) is 0 Å². The van der Waals surface area contributed by atoms with Gasteiger partial charge in [0.15, 0.2) is 0 Å². The fourth-order valence-electron chi connectivity index (χ4n) is 2.31. The lowest BCUT2D eigenvalue weighted by Gasteiger charge is -2.24. The number of halogens is 1. The van der Waals surface area contributed by atoms with Crippen LogP contribution in [0.5, 0.6) is 0 Å². The lowest BCUT2D eigenvalue weighted by Crippen LogP contribution is -2.18. The molecule has 1 N–H and O–H groups in total. The van der Waals surface area contributed by atoms with Gasteiger partial charge in [0.05, 0.1) is 23.0 Å². The number of hydrogen-bond donors (Lipinski definition) is 1. The molecule has 3 nitrogen and oxygen atoms in total. The summed E-state index contributed by atoms with van der Waals surface area (Å²) in [4.78, 5) is 0. The van der Waals surface area contributed by atoms with E-state index in [1.165, 1.54) is 0 Å². The third-order valence-electron chi connectivity index (χ3n) is 3.46. The molecule has 4 heteroatoms. The van der Waals surface area contributed by atoms with Crippen LogP contribution in [0.2, 0.25) is 5.02 Å². The molecule has 0 bridgehead atoms. The third-order valence-corrected chi connectivity index (χ3v) is 3.75. The highest BCUT2D eigenvalue weighted by Gasteiger charge is 2.26. The van der Waals surface area contributed by atoms with Crippen molar-refractivity contribution < 1.29 is 5.11 Å². The Morgan fingerprint density at radius 1 is 1.39 bits per heavy atom. The highest BCUT2D eigenvalue weighted by atomic mass is 35.5. The van der Waals surface area contributed by atoms with Gasteiger partial charge in [-0.1, -0.05) is 44.7 Å². The zero-order valence-corrected chi connectivity index (χ0v) is 12.6. The third kappa shape index (κ3) is 3.48. The van der Waals surface area contributed by atoms with Crippen molar-refractivity contribution >= 4 is 11.6 Å². The first-order valence-corrected chi connectivity index (χ1v) is 7.31. The highest BCUT2D eigenvalue weighted by Crippen LogP contribution is 2.34. The molecule has 0 fully saturated rings. The SMILES string of the molecule is CCCCC(CC)C(O)c1c(Cl)cnn1C(C)C. The van der Waals surface area contributed by atoms with Gasteiger partial charge in [0, 0.05) is 6.04 Å². The summed E-state index contributed by atoms with van der Waals surface area (Å²) in [5, 5.41) is 15.4. The van der Waals surface area contributed by atoms with E-state index in [4.69, 9.17) is 11.6 Å². The second kappa shape index (κ2) is 7.15. The van der Waals surface area contributed by atoms with Crippen LogP contribution in [0, 0.1) is 5.92 Å². The molecule has 0 amide bonds. The van der Waals surface area contributed by atoms with Gasteiger partial charge in [-0.15, -0.1) is 0 Å². The van der Waals surface area contributed by atoms with Crippen LogP contribution in [-0.4, -0.2) is 14.9 Å². The molecule has 0 aliphatic rings. The van der Waals surface area contributed by atoms with Crippen LogP contribution in [0.3, 0.4) is 0 Å². The van der Waals surface area contributed by atoms with Gasteiger partial charge in [-0.05, 0) is 26.2 Å². The van der Waals surface area contributed by atoms with Crippen LogP contribution in [0.25, 0.3) is 0 Å². The van der Waals surface area contributed by atoms with Crippen LogP contribution < -0.4 is 0 Å². The van der Waals surface area contributed by atoms with E-state index in [1.54, 1.807) is 6.20 Å². The van der Waals surface area contributed by atoms with Gasteiger partial charge >= 0.3 is 0 Å². The number of aliphatic hydroxyl groups excluding tert-OH is 1. The van der Waals surface area contributed by atoms with Crippen molar-refractivity contribution in [2.24, 2.45) is 5.92 Å².